The number of carbonyl (C=O) groups excluding carboxylic acids is 1. The van der Waals surface area contributed by atoms with Gasteiger partial charge in [0.15, 0.2) is 0 Å². The van der Waals surface area contributed by atoms with Crippen LogP contribution < -0.4 is 0 Å². The summed E-state index contributed by atoms with van der Waals surface area (Å²) < 4.78 is 0.533. The number of benzene rings is 2. The van der Waals surface area contributed by atoms with Crippen LogP contribution >= 0.6 is 47.2 Å². The van der Waals surface area contributed by atoms with E-state index in [0.29, 0.717) is 32.2 Å². The molecule has 0 saturated carbocycles. The molecule has 0 unspecified atom stereocenters. The van der Waals surface area contributed by atoms with Crippen LogP contribution in [0.25, 0.3) is 17.2 Å². The molecule has 2 aromatic rings. The molecule has 0 atom stereocenters. The maximum atomic E-state index is 12.8. The number of aliphatic carboxylic acids is 1. The minimum atomic E-state index is -0.799. The first-order chi connectivity index (χ1) is 14.3. The number of halogens is 2. The Bertz CT molecular complexity index is 1020. The maximum absolute atomic E-state index is 12.8. The molecule has 0 aromatic heterocycles. The van der Waals surface area contributed by atoms with Crippen molar-refractivity contribution in [1.82, 2.24) is 4.90 Å². The van der Waals surface area contributed by atoms with E-state index in [1.165, 1.54) is 11.8 Å². The molecular formula is C22H19Cl2NO3S2. The Morgan fingerprint density at radius 2 is 1.83 bits per heavy atom. The molecule has 0 bridgehead atoms. The molecule has 1 aliphatic heterocycles. The molecule has 156 valence electrons. The van der Waals surface area contributed by atoms with E-state index in [1.807, 2.05) is 42.5 Å². The van der Waals surface area contributed by atoms with Crippen LogP contribution in [0.5, 0.6) is 0 Å². The van der Waals surface area contributed by atoms with Gasteiger partial charge in [0.05, 0.1) is 15.0 Å². The Hall–Kier alpha value is -1.86. The summed E-state index contributed by atoms with van der Waals surface area (Å²) in [7, 11) is 0. The predicted molar refractivity (Wildman–Crippen MR) is 128 cm³/mol. The Morgan fingerprint density at radius 1 is 1.07 bits per heavy atom. The lowest BCUT2D eigenvalue weighted by molar-refractivity contribution is -0.137. The number of rotatable bonds is 8. The third kappa shape index (κ3) is 5.85. The zero-order chi connectivity index (χ0) is 21.7. The van der Waals surface area contributed by atoms with Gasteiger partial charge in [-0.05, 0) is 53.8 Å². The molecule has 4 nitrogen and oxygen atoms in total. The second kappa shape index (κ2) is 10.4. The molecule has 1 saturated heterocycles. The summed E-state index contributed by atoms with van der Waals surface area (Å²) in [4.78, 5) is 25.5. The monoisotopic (exact) mass is 479 g/mol. The van der Waals surface area contributed by atoms with E-state index in [9.17, 15) is 9.59 Å². The van der Waals surface area contributed by atoms with Crippen LogP contribution in [0.15, 0.2) is 47.4 Å². The van der Waals surface area contributed by atoms with Gasteiger partial charge in [0.1, 0.15) is 4.32 Å². The topological polar surface area (TPSA) is 57.6 Å². The minimum Gasteiger partial charge on any atom is -0.481 e. The number of hydrogen-bond donors (Lipinski definition) is 1. The van der Waals surface area contributed by atoms with E-state index in [0.717, 1.165) is 29.5 Å². The van der Waals surface area contributed by atoms with Gasteiger partial charge in [-0.3, -0.25) is 14.5 Å². The van der Waals surface area contributed by atoms with Gasteiger partial charge in [0.25, 0.3) is 5.91 Å². The van der Waals surface area contributed by atoms with Gasteiger partial charge >= 0.3 is 5.97 Å². The van der Waals surface area contributed by atoms with E-state index < -0.39 is 5.97 Å². The highest BCUT2D eigenvalue weighted by Crippen LogP contribution is 2.34. The number of hydrogen-bond acceptors (Lipinski definition) is 4. The molecule has 3 rings (SSSR count). The lowest BCUT2D eigenvalue weighted by Crippen LogP contribution is -2.29. The Labute approximate surface area is 194 Å². The largest absolute Gasteiger partial charge is 0.481 e. The van der Waals surface area contributed by atoms with Crippen molar-refractivity contribution in [2.45, 2.75) is 25.7 Å². The number of carbonyl (C=O) groups is 2. The third-order valence-electron chi connectivity index (χ3n) is 4.58. The van der Waals surface area contributed by atoms with Crippen LogP contribution in [-0.4, -0.2) is 32.7 Å². The minimum absolute atomic E-state index is 0.108. The molecule has 1 aliphatic rings. The molecule has 8 heteroatoms. The summed E-state index contributed by atoms with van der Waals surface area (Å²) in [5.74, 6) is -0.908. The average molecular weight is 480 g/mol. The lowest BCUT2D eigenvalue weighted by atomic mass is 10.0. The summed E-state index contributed by atoms with van der Waals surface area (Å²) in [6, 6.07) is 13.3. The van der Waals surface area contributed by atoms with Crippen LogP contribution in [0.2, 0.25) is 10.0 Å². The van der Waals surface area contributed by atoms with E-state index in [-0.39, 0.29) is 12.3 Å². The summed E-state index contributed by atoms with van der Waals surface area (Å²) in [6.45, 7) is 0.505. The van der Waals surface area contributed by atoms with Crippen LogP contribution in [0.4, 0.5) is 0 Å². The number of amides is 1. The van der Waals surface area contributed by atoms with E-state index in [1.54, 1.807) is 11.0 Å². The van der Waals surface area contributed by atoms with Crippen molar-refractivity contribution in [2.75, 3.05) is 6.54 Å². The highest BCUT2D eigenvalue weighted by Gasteiger charge is 2.31. The van der Waals surface area contributed by atoms with Gasteiger partial charge in [-0.15, -0.1) is 0 Å². The molecule has 1 amide bonds. The van der Waals surface area contributed by atoms with Crippen molar-refractivity contribution in [3.63, 3.8) is 0 Å². The molecule has 0 aliphatic carbocycles. The van der Waals surface area contributed by atoms with Gasteiger partial charge < -0.3 is 5.11 Å². The predicted octanol–water partition coefficient (Wildman–Crippen LogP) is 6.51. The second-order valence-corrected chi connectivity index (χ2v) is 9.28. The molecule has 1 fully saturated rings. The molecule has 0 spiro atoms. The van der Waals surface area contributed by atoms with Crippen LogP contribution in [0.3, 0.4) is 0 Å². The van der Waals surface area contributed by atoms with Gasteiger partial charge in [-0.25, -0.2) is 0 Å². The average Bonchev–Trinajstić information content (AvgIpc) is 2.97. The van der Waals surface area contributed by atoms with Gasteiger partial charge in [-0.1, -0.05) is 77.9 Å². The SMILES string of the molecule is O=C(O)CCCCCN1C(=O)C(=Cc2cccc(-c3ccc(Cl)c(Cl)c3)c2)SC1=S. The standard InChI is InChI=1S/C22H19Cl2NO3S2/c23-17-9-8-16(13-18(17)24)15-6-4-5-14(11-15)12-19-21(28)25(22(29)30-19)10-3-1-2-7-20(26)27/h4-6,8-9,11-13H,1-3,7,10H2,(H,26,27). The third-order valence-corrected chi connectivity index (χ3v) is 6.70. The summed E-state index contributed by atoms with van der Waals surface area (Å²) in [6.07, 6.45) is 4.05. The zero-order valence-corrected chi connectivity index (χ0v) is 19.1. The first-order valence-electron chi connectivity index (χ1n) is 9.38. The Balaban J connectivity index is 1.69. The number of thiocarbonyl (C=S) groups is 1. The van der Waals surface area contributed by atoms with E-state index in [4.69, 9.17) is 40.5 Å². The number of carboxylic acid groups (broad SMARTS) is 1. The fourth-order valence-corrected chi connectivity index (χ4v) is 4.66. The normalized spacial score (nSPS) is 15.3. The molecule has 1 heterocycles. The number of unbranched alkanes of at least 4 members (excludes halogenated alkanes) is 2. The quantitative estimate of drug-likeness (QED) is 0.265. The molecule has 30 heavy (non-hydrogen) atoms. The van der Waals surface area contributed by atoms with Crippen molar-refractivity contribution in [3.8, 4) is 11.1 Å². The highest BCUT2D eigenvalue weighted by molar-refractivity contribution is 8.26. The van der Waals surface area contributed by atoms with E-state index in [2.05, 4.69) is 0 Å². The molecule has 0 radical (unpaired) electrons. The van der Waals surface area contributed by atoms with Crippen molar-refractivity contribution in [1.29, 1.82) is 0 Å². The number of carboxylic acids is 1. The van der Waals surface area contributed by atoms with Crippen LogP contribution in [0.1, 0.15) is 31.2 Å². The van der Waals surface area contributed by atoms with E-state index >= 15 is 0 Å². The number of nitrogens with zero attached hydrogens (tertiary/aromatic N) is 1. The van der Waals surface area contributed by atoms with Gasteiger partial charge in [0.2, 0.25) is 0 Å². The summed E-state index contributed by atoms with van der Waals surface area (Å²) in [5.41, 5.74) is 2.80. The van der Waals surface area contributed by atoms with Crippen molar-refractivity contribution >= 4 is 69.5 Å². The highest BCUT2D eigenvalue weighted by atomic mass is 35.5. The fraction of sp³-hybridized carbons (Fsp3) is 0.227. The first kappa shape index (κ1) is 22.8. The summed E-state index contributed by atoms with van der Waals surface area (Å²) in [5, 5.41) is 9.69. The van der Waals surface area contributed by atoms with Gasteiger partial charge in [0, 0.05) is 13.0 Å². The van der Waals surface area contributed by atoms with Crippen molar-refractivity contribution in [3.05, 3.63) is 63.0 Å². The zero-order valence-electron chi connectivity index (χ0n) is 15.9. The van der Waals surface area contributed by atoms with Crippen LogP contribution in [-0.2, 0) is 9.59 Å². The second-order valence-electron chi connectivity index (χ2n) is 6.79. The molecule has 2 aromatic carbocycles. The fourth-order valence-electron chi connectivity index (χ4n) is 3.05. The first-order valence-corrected chi connectivity index (χ1v) is 11.4. The van der Waals surface area contributed by atoms with Crippen LogP contribution in [0, 0.1) is 0 Å². The number of thioether (sulfide) groups is 1. The van der Waals surface area contributed by atoms with Crippen molar-refractivity contribution < 1.29 is 14.7 Å². The Morgan fingerprint density at radius 3 is 2.57 bits per heavy atom. The lowest BCUT2D eigenvalue weighted by Gasteiger charge is -2.13. The maximum Gasteiger partial charge on any atom is 0.303 e. The molecule has 1 N–H and O–H groups in total. The Kier molecular flexibility index (Phi) is 7.94. The summed E-state index contributed by atoms with van der Waals surface area (Å²) >= 11 is 18.8. The van der Waals surface area contributed by atoms with Gasteiger partial charge in [-0.2, -0.15) is 0 Å². The molecular weight excluding hydrogens is 461 g/mol. The van der Waals surface area contributed by atoms with Crippen molar-refractivity contribution in [2.24, 2.45) is 0 Å². The smallest absolute Gasteiger partial charge is 0.303 e.